The van der Waals surface area contributed by atoms with E-state index in [1.807, 2.05) is 72.8 Å². The van der Waals surface area contributed by atoms with E-state index in [1.165, 1.54) is 11.3 Å². The zero-order valence-corrected chi connectivity index (χ0v) is 19.3. The Balaban J connectivity index is 1.41. The summed E-state index contributed by atoms with van der Waals surface area (Å²) in [5.41, 5.74) is 1.78. The molecule has 0 fully saturated rings. The Kier molecular flexibility index (Phi) is 5.83. The average molecular weight is 504 g/mol. The third-order valence-corrected chi connectivity index (χ3v) is 6.55. The minimum Gasteiger partial charge on any atom is -0.484 e. The van der Waals surface area contributed by atoms with Crippen molar-refractivity contribution in [2.24, 2.45) is 0 Å². The first-order valence-electron chi connectivity index (χ1n) is 10.0. The van der Waals surface area contributed by atoms with Gasteiger partial charge >= 0.3 is 0 Å². The van der Waals surface area contributed by atoms with Crippen molar-refractivity contribution in [2.75, 3.05) is 11.5 Å². The van der Waals surface area contributed by atoms with E-state index >= 15 is 0 Å². The number of rotatable bonds is 6. The molecule has 0 aliphatic carbocycles. The number of anilines is 1. The van der Waals surface area contributed by atoms with E-state index < -0.39 is 0 Å². The number of ether oxygens (including phenoxy) is 1. The third-order valence-electron chi connectivity index (χ3n) is 5.02. The van der Waals surface area contributed by atoms with E-state index in [0.29, 0.717) is 17.4 Å². The zero-order valence-electron chi connectivity index (χ0n) is 16.9. The lowest BCUT2D eigenvalue weighted by molar-refractivity contribution is -0.120. The van der Waals surface area contributed by atoms with Crippen LogP contribution in [0, 0.1) is 0 Å². The van der Waals surface area contributed by atoms with Crippen molar-refractivity contribution in [3.05, 3.63) is 95.2 Å². The number of amides is 1. The molecule has 2 aromatic heterocycles. The maximum absolute atomic E-state index is 13.3. The van der Waals surface area contributed by atoms with Gasteiger partial charge in [0.2, 0.25) is 0 Å². The van der Waals surface area contributed by atoms with Crippen LogP contribution in [0.15, 0.2) is 89.7 Å². The molecule has 3 aromatic carbocycles. The van der Waals surface area contributed by atoms with Crippen LogP contribution in [0.1, 0.15) is 5.56 Å². The summed E-state index contributed by atoms with van der Waals surface area (Å²) in [7, 11) is 0. The molecule has 5 nitrogen and oxygen atoms in total. The maximum atomic E-state index is 13.3. The SMILES string of the molecule is O=C(COc1ccc2ccccc2c1)N(Cc1cccnc1)c1nc2ccc(Br)cc2s1. The highest BCUT2D eigenvalue weighted by atomic mass is 79.9. The van der Waals surface area contributed by atoms with Gasteiger partial charge in [-0.3, -0.25) is 14.7 Å². The van der Waals surface area contributed by atoms with Crippen molar-refractivity contribution >= 4 is 59.3 Å². The lowest BCUT2D eigenvalue weighted by Gasteiger charge is -2.20. The molecule has 0 spiro atoms. The number of hydrogen-bond donors (Lipinski definition) is 0. The molecule has 7 heteroatoms. The summed E-state index contributed by atoms with van der Waals surface area (Å²) in [6.45, 7) is 0.285. The summed E-state index contributed by atoms with van der Waals surface area (Å²) in [6, 6.07) is 23.6. The maximum Gasteiger partial charge on any atom is 0.267 e. The van der Waals surface area contributed by atoms with Crippen LogP contribution in [0.3, 0.4) is 0 Å². The highest BCUT2D eigenvalue weighted by Gasteiger charge is 2.21. The van der Waals surface area contributed by atoms with Crippen LogP contribution in [0.2, 0.25) is 0 Å². The number of thiazole rings is 1. The van der Waals surface area contributed by atoms with E-state index in [9.17, 15) is 4.79 Å². The van der Waals surface area contributed by atoms with Crippen LogP contribution in [0.25, 0.3) is 21.0 Å². The van der Waals surface area contributed by atoms with Gasteiger partial charge in [0.05, 0.1) is 16.8 Å². The Morgan fingerprint density at radius 1 is 1.00 bits per heavy atom. The average Bonchev–Trinajstić information content (AvgIpc) is 3.24. The van der Waals surface area contributed by atoms with Crippen molar-refractivity contribution in [3.63, 3.8) is 0 Å². The monoisotopic (exact) mass is 503 g/mol. The quantitative estimate of drug-likeness (QED) is 0.276. The summed E-state index contributed by atoms with van der Waals surface area (Å²) in [5, 5.41) is 2.83. The molecule has 5 rings (SSSR count). The first-order valence-corrected chi connectivity index (χ1v) is 11.6. The lowest BCUT2D eigenvalue weighted by Crippen LogP contribution is -2.34. The van der Waals surface area contributed by atoms with Gasteiger partial charge in [0.1, 0.15) is 5.75 Å². The first-order chi connectivity index (χ1) is 15.7. The molecule has 0 aliphatic heterocycles. The molecule has 0 atom stereocenters. The highest BCUT2D eigenvalue weighted by Crippen LogP contribution is 2.32. The number of nitrogens with zero attached hydrogens (tertiary/aromatic N) is 3. The van der Waals surface area contributed by atoms with Gasteiger partial charge in [-0.05, 0) is 52.7 Å². The van der Waals surface area contributed by atoms with Gasteiger partial charge < -0.3 is 4.74 Å². The van der Waals surface area contributed by atoms with Crippen LogP contribution in [-0.2, 0) is 11.3 Å². The van der Waals surface area contributed by atoms with Gasteiger partial charge in [-0.2, -0.15) is 0 Å². The second-order valence-electron chi connectivity index (χ2n) is 7.25. The summed E-state index contributed by atoms with van der Waals surface area (Å²) in [4.78, 5) is 23.8. The minimum atomic E-state index is -0.167. The fourth-order valence-electron chi connectivity index (χ4n) is 3.42. The molecule has 0 unspecified atom stereocenters. The molecule has 2 heterocycles. The number of hydrogen-bond acceptors (Lipinski definition) is 5. The Morgan fingerprint density at radius 2 is 1.88 bits per heavy atom. The molecule has 0 saturated heterocycles. The van der Waals surface area contributed by atoms with Crippen LogP contribution in [0.4, 0.5) is 5.13 Å². The Labute approximate surface area is 197 Å². The molecule has 1 amide bonds. The van der Waals surface area contributed by atoms with Crippen molar-refractivity contribution in [1.29, 1.82) is 0 Å². The Hall–Kier alpha value is -3.29. The van der Waals surface area contributed by atoms with Crippen LogP contribution >= 0.6 is 27.3 Å². The van der Waals surface area contributed by atoms with E-state index in [0.717, 1.165) is 31.0 Å². The Bertz CT molecular complexity index is 1400. The minimum absolute atomic E-state index is 0.0851. The second kappa shape index (κ2) is 9.06. The second-order valence-corrected chi connectivity index (χ2v) is 9.17. The third kappa shape index (κ3) is 4.49. The lowest BCUT2D eigenvalue weighted by atomic mass is 10.1. The van der Waals surface area contributed by atoms with Crippen molar-refractivity contribution in [2.45, 2.75) is 6.54 Å². The number of halogens is 1. The van der Waals surface area contributed by atoms with Gasteiger partial charge in [-0.15, -0.1) is 0 Å². The van der Waals surface area contributed by atoms with Crippen molar-refractivity contribution in [1.82, 2.24) is 9.97 Å². The number of pyridine rings is 1. The zero-order chi connectivity index (χ0) is 21.9. The number of benzene rings is 3. The smallest absolute Gasteiger partial charge is 0.267 e. The first kappa shape index (κ1) is 20.6. The molecule has 158 valence electrons. The fraction of sp³-hybridized carbons (Fsp3) is 0.0800. The Morgan fingerprint density at radius 3 is 2.72 bits per heavy atom. The van der Waals surface area contributed by atoms with Gasteiger partial charge in [-0.25, -0.2) is 4.98 Å². The van der Waals surface area contributed by atoms with Crippen LogP contribution in [-0.4, -0.2) is 22.5 Å². The molecule has 0 saturated carbocycles. The van der Waals surface area contributed by atoms with E-state index in [-0.39, 0.29) is 12.5 Å². The summed E-state index contributed by atoms with van der Waals surface area (Å²) >= 11 is 4.98. The van der Waals surface area contributed by atoms with E-state index in [2.05, 4.69) is 20.9 Å². The summed E-state index contributed by atoms with van der Waals surface area (Å²) < 4.78 is 7.86. The molecular formula is C25H18BrN3O2S. The largest absolute Gasteiger partial charge is 0.484 e. The molecule has 0 aliphatic rings. The van der Waals surface area contributed by atoms with Gasteiger partial charge in [0.25, 0.3) is 5.91 Å². The van der Waals surface area contributed by atoms with Gasteiger partial charge in [0, 0.05) is 16.9 Å². The number of carbonyl (C=O) groups excluding carboxylic acids is 1. The normalized spacial score (nSPS) is 11.0. The van der Waals surface area contributed by atoms with Crippen molar-refractivity contribution in [3.8, 4) is 5.75 Å². The standard InChI is InChI=1S/C25H18BrN3O2S/c26-20-8-10-22-23(13-20)32-25(28-22)29(15-17-4-3-11-27-14-17)24(30)16-31-21-9-7-18-5-1-2-6-19(18)12-21/h1-14H,15-16H2. The van der Waals surface area contributed by atoms with E-state index in [4.69, 9.17) is 9.72 Å². The molecule has 32 heavy (non-hydrogen) atoms. The molecule has 5 aromatic rings. The number of aromatic nitrogens is 2. The van der Waals surface area contributed by atoms with Gasteiger partial charge in [-0.1, -0.05) is 63.7 Å². The molecular weight excluding hydrogens is 486 g/mol. The van der Waals surface area contributed by atoms with Crippen LogP contribution in [0.5, 0.6) is 5.75 Å². The summed E-state index contributed by atoms with van der Waals surface area (Å²) in [6.07, 6.45) is 3.47. The number of fused-ring (bicyclic) bond motifs is 2. The molecule has 0 bridgehead atoms. The predicted octanol–water partition coefficient (Wildman–Crippen LogP) is 6.22. The van der Waals surface area contributed by atoms with E-state index in [1.54, 1.807) is 17.3 Å². The van der Waals surface area contributed by atoms with Crippen LogP contribution < -0.4 is 9.64 Å². The highest BCUT2D eigenvalue weighted by molar-refractivity contribution is 9.10. The van der Waals surface area contributed by atoms with Crippen molar-refractivity contribution < 1.29 is 9.53 Å². The number of carbonyl (C=O) groups is 1. The summed E-state index contributed by atoms with van der Waals surface area (Å²) in [5.74, 6) is 0.492. The molecule has 0 radical (unpaired) electrons. The predicted molar refractivity (Wildman–Crippen MR) is 132 cm³/mol. The van der Waals surface area contributed by atoms with Gasteiger partial charge in [0.15, 0.2) is 11.7 Å². The fourth-order valence-corrected chi connectivity index (χ4v) is 4.95. The topological polar surface area (TPSA) is 55.3 Å². The molecule has 0 N–H and O–H groups in total.